The molecular weight excluding hydrogens is 354 g/mol. The van der Waals surface area contributed by atoms with Gasteiger partial charge in [-0.15, -0.1) is 0 Å². The number of sulfone groups is 1. The first kappa shape index (κ1) is 18.7. The fourth-order valence-electron chi connectivity index (χ4n) is 3.42. The molecule has 1 aromatic carbocycles. The van der Waals surface area contributed by atoms with E-state index in [9.17, 15) is 18.0 Å². The minimum absolute atomic E-state index is 0.0182. The lowest BCUT2D eigenvalue weighted by molar-refractivity contribution is 0.0724. The maximum absolute atomic E-state index is 12.4. The number of urea groups is 1. The van der Waals surface area contributed by atoms with Crippen LogP contribution in [0.1, 0.15) is 36.0 Å². The van der Waals surface area contributed by atoms with Crippen molar-refractivity contribution in [3.8, 4) is 0 Å². The van der Waals surface area contributed by atoms with Crippen LogP contribution in [0.3, 0.4) is 0 Å². The second-order valence-electron chi connectivity index (χ2n) is 7.03. The summed E-state index contributed by atoms with van der Waals surface area (Å²) >= 11 is 0. The Hall–Kier alpha value is -2.09. The van der Waals surface area contributed by atoms with E-state index in [4.69, 9.17) is 0 Å². The van der Waals surface area contributed by atoms with E-state index < -0.39 is 9.84 Å². The van der Waals surface area contributed by atoms with Crippen LogP contribution in [-0.2, 0) is 9.84 Å². The monoisotopic (exact) mass is 379 g/mol. The van der Waals surface area contributed by atoms with Crippen LogP contribution in [0.15, 0.2) is 24.3 Å². The topological polar surface area (TPSA) is 95.6 Å². The molecule has 2 aliphatic rings. The Bertz CT molecular complexity index is 755. The predicted octanol–water partition coefficient (Wildman–Crippen LogP) is 1.87. The summed E-state index contributed by atoms with van der Waals surface area (Å²) in [6.45, 7) is 1.95. The second-order valence-corrected chi connectivity index (χ2v) is 9.26. The van der Waals surface area contributed by atoms with E-state index in [1.807, 2.05) is 4.90 Å². The first-order valence-corrected chi connectivity index (χ1v) is 10.9. The normalized spacial score (nSPS) is 22.0. The molecule has 0 unspecified atom stereocenters. The number of anilines is 1. The number of amides is 3. The summed E-state index contributed by atoms with van der Waals surface area (Å²) in [4.78, 5) is 26.2. The minimum atomic E-state index is -2.93. The van der Waals surface area contributed by atoms with Gasteiger partial charge in [0.15, 0.2) is 9.84 Å². The van der Waals surface area contributed by atoms with E-state index in [1.54, 1.807) is 24.3 Å². The highest BCUT2D eigenvalue weighted by Crippen LogP contribution is 2.18. The van der Waals surface area contributed by atoms with Gasteiger partial charge in [-0.3, -0.25) is 4.79 Å². The number of hydrogen-bond acceptors (Lipinski definition) is 4. The number of nitrogens with one attached hydrogen (secondary N) is 2. The number of nitrogens with zero attached hydrogens (tertiary/aromatic N) is 1. The first-order valence-electron chi connectivity index (χ1n) is 9.07. The van der Waals surface area contributed by atoms with Crippen LogP contribution in [0.4, 0.5) is 10.5 Å². The molecule has 8 heteroatoms. The predicted molar refractivity (Wildman–Crippen MR) is 100.0 cm³/mol. The van der Waals surface area contributed by atoms with Crippen molar-refractivity contribution in [1.29, 1.82) is 0 Å². The molecule has 142 valence electrons. The SMILES string of the molecule is O=C(NC[C@H]1CCS(=O)(=O)C1)Nc1ccc(C(=O)N2CCCCC2)cc1. The maximum Gasteiger partial charge on any atom is 0.319 e. The number of benzene rings is 1. The largest absolute Gasteiger partial charge is 0.339 e. The molecule has 0 aromatic heterocycles. The van der Waals surface area contributed by atoms with Crippen molar-refractivity contribution in [2.24, 2.45) is 5.92 Å². The van der Waals surface area contributed by atoms with Crippen LogP contribution in [0, 0.1) is 5.92 Å². The number of carbonyl (C=O) groups is 2. The Kier molecular flexibility index (Phi) is 5.80. The van der Waals surface area contributed by atoms with Crippen molar-refractivity contribution in [1.82, 2.24) is 10.2 Å². The van der Waals surface area contributed by atoms with Crippen LogP contribution in [-0.4, -0.2) is 56.4 Å². The third-order valence-electron chi connectivity index (χ3n) is 4.91. The summed E-state index contributed by atoms with van der Waals surface area (Å²) in [6, 6.07) is 6.48. The molecule has 3 amide bonds. The van der Waals surface area contributed by atoms with E-state index in [0.717, 1.165) is 25.9 Å². The van der Waals surface area contributed by atoms with Crippen molar-refractivity contribution >= 4 is 27.5 Å². The molecule has 0 spiro atoms. The fraction of sp³-hybridized carbons (Fsp3) is 0.556. The van der Waals surface area contributed by atoms with Gasteiger partial charge in [0.1, 0.15) is 0 Å². The summed E-state index contributed by atoms with van der Waals surface area (Å²) in [5, 5.41) is 5.42. The van der Waals surface area contributed by atoms with Gasteiger partial charge in [0.2, 0.25) is 0 Å². The summed E-state index contributed by atoms with van der Waals surface area (Å²) in [7, 11) is -2.93. The van der Waals surface area contributed by atoms with Crippen molar-refractivity contribution in [2.45, 2.75) is 25.7 Å². The van der Waals surface area contributed by atoms with Crippen LogP contribution < -0.4 is 10.6 Å². The van der Waals surface area contributed by atoms with Gasteiger partial charge >= 0.3 is 6.03 Å². The summed E-state index contributed by atoms with van der Waals surface area (Å²) in [5.41, 5.74) is 1.21. The van der Waals surface area contributed by atoms with Gasteiger partial charge < -0.3 is 15.5 Å². The van der Waals surface area contributed by atoms with E-state index in [0.29, 0.717) is 24.2 Å². The summed E-state index contributed by atoms with van der Waals surface area (Å²) in [5.74, 6) is 0.354. The lowest BCUT2D eigenvalue weighted by Crippen LogP contribution is -2.35. The number of rotatable bonds is 4. The Morgan fingerprint density at radius 3 is 2.38 bits per heavy atom. The minimum Gasteiger partial charge on any atom is -0.339 e. The fourth-order valence-corrected chi connectivity index (χ4v) is 5.28. The molecule has 7 nitrogen and oxygen atoms in total. The third kappa shape index (κ3) is 4.97. The Balaban J connectivity index is 1.47. The second kappa shape index (κ2) is 8.07. The van der Waals surface area contributed by atoms with E-state index in [1.165, 1.54) is 6.42 Å². The summed E-state index contributed by atoms with van der Waals surface area (Å²) in [6.07, 6.45) is 3.87. The molecule has 2 heterocycles. The standard InChI is InChI=1S/C18H25N3O4S/c22-17(21-9-2-1-3-10-21)15-4-6-16(7-5-15)20-18(23)19-12-14-8-11-26(24,25)13-14/h4-7,14H,1-3,8-13H2,(H2,19,20,23)/t14-/m1/s1. The molecular formula is C18H25N3O4S. The number of likely N-dealkylation sites (tertiary alicyclic amines) is 1. The lowest BCUT2D eigenvalue weighted by atomic mass is 10.1. The number of carbonyl (C=O) groups excluding carboxylic acids is 2. The van der Waals surface area contributed by atoms with Crippen molar-refractivity contribution in [3.63, 3.8) is 0 Å². The molecule has 1 atom stereocenters. The van der Waals surface area contributed by atoms with Crippen LogP contribution in [0.2, 0.25) is 0 Å². The Labute approximate surface area is 154 Å². The Morgan fingerprint density at radius 1 is 1.08 bits per heavy atom. The highest BCUT2D eigenvalue weighted by molar-refractivity contribution is 7.91. The van der Waals surface area contributed by atoms with E-state index >= 15 is 0 Å². The molecule has 0 radical (unpaired) electrons. The quantitative estimate of drug-likeness (QED) is 0.835. The molecule has 3 rings (SSSR count). The zero-order valence-corrected chi connectivity index (χ0v) is 15.6. The van der Waals surface area contributed by atoms with E-state index in [-0.39, 0.29) is 29.4 Å². The van der Waals surface area contributed by atoms with Crippen molar-refractivity contribution in [2.75, 3.05) is 36.5 Å². The van der Waals surface area contributed by atoms with Crippen LogP contribution in [0.25, 0.3) is 0 Å². The lowest BCUT2D eigenvalue weighted by Gasteiger charge is -2.26. The van der Waals surface area contributed by atoms with Gasteiger partial charge in [-0.2, -0.15) is 0 Å². The van der Waals surface area contributed by atoms with Gasteiger partial charge in [0.05, 0.1) is 11.5 Å². The zero-order chi connectivity index (χ0) is 18.6. The average molecular weight is 379 g/mol. The van der Waals surface area contributed by atoms with E-state index in [2.05, 4.69) is 10.6 Å². The maximum atomic E-state index is 12.4. The molecule has 2 fully saturated rings. The van der Waals surface area contributed by atoms with Crippen molar-refractivity contribution < 1.29 is 18.0 Å². The molecule has 0 saturated carbocycles. The zero-order valence-electron chi connectivity index (χ0n) is 14.7. The highest BCUT2D eigenvalue weighted by Gasteiger charge is 2.27. The molecule has 1 aromatic rings. The first-order chi connectivity index (χ1) is 12.4. The summed E-state index contributed by atoms with van der Waals surface area (Å²) < 4.78 is 22.8. The van der Waals surface area contributed by atoms with Gasteiger partial charge in [0.25, 0.3) is 5.91 Å². The molecule has 0 aliphatic carbocycles. The number of piperidine rings is 1. The Morgan fingerprint density at radius 2 is 1.77 bits per heavy atom. The smallest absolute Gasteiger partial charge is 0.319 e. The van der Waals surface area contributed by atoms with Crippen LogP contribution >= 0.6 is 0 Å². The molecule has 26 heavy (non-hydrogen) atoms. The van der Waals surface area contributed by atoms with Gasteiger partial charge in [0, 0.05) is 30.9 Å². The van der Waals surface area contributed by atoms with Gasteiger partial charge in [-0.1, -0.05) is 0 Å². The molecule has 0 bridgehead atoms. The van der Waals surface area contributed by atoms with Gasteiger partial charge in [-0.25, -0.2) is 13.2 Å². The van der Waals surface area contributed by atoms with Crippen molar-refractivity contribution in [3.05, 3.63) is 29.8 Å². The molecule has 2 aliphatic heterocycles. The third-order valence-corrected chi connectivity index (χ3v) is 6.75. The highest BCUT2D eigenvalue weighted by atomic mass is 32.2. The van der Waals surface area contributed by atoms with Gasteiger partial charge in [-0.05, 0) is 55.9 Å². The molecule has 2 N–H and O–H groups in total. The average Bonchev–Trinajstić information content (AvgIpc) is 3.00. The van der Waals surface area contributed by atoms with Crippen LogP contribution in [0.5, 0.6) is 0 Å². The molecule has 2 saturated heterocycles. The number of hydrogen-bond donors (Lipinski definition) is 2.